The number of tetrazole rings is 1. The van der Waals surface area contributed by atoms with Crippen molar-refractivity contribution in [2.24, 2.45) is 5.92 Å². The van der Waals surface area contributed by atoms with Gasteiger partial charge in [0.1, 0.15) is 0 Å². The minimum atomic E-state index is 0.350. The van der Waals surface area contributed by atoms with E-state index in [1.165, 1.54) is 17.7 Å². The number of piperidine rings is 1. The molecule has 4 rings (SSSR count). The minimum Gasteiger partial charge on any atom is -0.351 e. The van der Waals surface area contributed by atoms with Crippen LogP contribution in [0.1, 0.15) is 30.7 Å². The van der Waals surface area contributed by atoms with Gasteiger partial charge in [-0.3, -0.25) is 4.90 Å². The third-order valence-electron chi connectivity index (χ3n) is 5.05. The van der Waals surface area contributed by atoms with Gasteiger partial charge in [-0.2, -0.15) is 4.68 Å². The molecule has 26 heavy (non-hydrogen) atoms. The Balaban J connectivity index is 1.50. The smallest absolute Gasteiger partial charge is 0.247 e. The molecule has 0 bridgehead atoms. The molecule has 0 radical (unpaired) electrons. The molecule has 1 aliphatic heterocycles. The molecular weight excluding hydrogens is 344 g/mol. The van der Waals surface area contributed by atoms with Gasteiger partial charge in [-0.25, -0.2) is 0 Å². The molecule has 3 aromatic rings. The molecule has 1 aliphatic rings. The Kier molecular flexibility index (Phi) is 5.26. The van der Waals surface area contributed by atoms with E-state index in [4.69, 9.17) is 0 Å². The highest BCUT2D eigenvalue weighted by atomic mass is 32.1. The summed E-state index contributed by atoms with van der Waals surface area (Å²) < 4.78 is 1.75. The normalized spacial score (nSPS) is 17.3. The van der Waals surface area contributed by atoms with Crippen molar-refractivity contribution in [2.45, 2.75) is 25.8 Å². The monoisotopic (exact) mass is 368 g/mol. The van der Waals surface area contributed by atoms with Crippen LogP contribution in [0, 0.1) is 5.92 Å². The van der Waals surface area contributed by atoms with Gasteiger partial charge in [0, 0.05) is 11.4 Å². The molecule has 0 saturated carbocycles. The molecule has 1 aromatic carbocycles. The van der Waals surface area contributed by atoms with Gasteiger partial charge in [0.05, 0.1) is 11.7 Å². The number of hydrogen-bond acceptors (Lipinski definition) is 6. The molecule has 7 heteroatoms. The molecule has 1 saturated heterocycles. The zero-order valence-corrected chi connectivity index (χ0v) is 15.8. The van der Waals surface area contributed by atoms with Crippen molar-refractivity contribution in [1.82, 2.24) is 25.1 Å². The minimum absolute atomic E-state index is 0.350. The van der Waals surface area contributed by atoms with Crippen LogP contribution in [0.5, 0.6) is 0 Å². The van der Waals surface area contributed by atoms with Crippen molar-refractivity contribution in [3.63, 3.8) is 0 Å². The van der Waals surface area contributed by atoms with Crippen LogP contribution in [0.3, 0.4) is 0 Å². The second kappa shape index (κ2) is 7.97. The number of aromatic nitrogens is 4. The number of thiophene rings is 1. The predicted molar refractivity (Wildman–Crippen MR) is 105 cm³/mol. The van der Waals surface area contributed by atoms with Crippen LogP contribution < -0.4 is 5.32 Å². The quantitative estimate of drug-likeness (QED) is 0.720. The molecule has 1 fully saturated rings. The zero-order chi connectivity index (χ0) is 17.8. The molecule has 0 unspecified atom stereocenters. The lowest BCUT2D eigenvalue weighted by atomic mass is 9.97. The topological polar surface area (TPSA) is 58.9 Å². The van der Waals surface area contributed by atoms with Gasteiger partial charge in [0.25, 0.3) is 0 Å². The summed E-state index contributed by atoms with van der Waals surface area (Å²) in [5, 5.41) is 17.8. The highest BCUT2D eigenvalue weighted by Crippen LogP contribution is 2.29. The number of para-hydroxylation sites is 1. The molecule has 6 nitrogen and oxygen atoms in total. The third kappa shape index (κ3) is 3.78. The highest BCUT2D eigenvalue weighted by molar-refractivity contribution is 7.10. The Hall–Kier alpha value is -2.25. The molecule has 1 N–H and O–H groups in total. The van der Waals surface area contributed by atoms with Gasteiger partial charge in [-0.15, -0.1) is 11.3 Å². The summed E-state index contributed by atoms with van der Waals surface area (Å²) in [6.07, 6.45) is 2.53. The fourth-order valence-electron chi connectivity index (χ4n) is 3.46. The van der Waals surface area contributed by atoms with E-state index in [1.807, 2.05) is 41.7 Å². The lowest BCUT2D eigenvalue weighted by Gasteiger charge is -2.36. The van der Waals surface area contributed by atoms with Crippen LogP contribution in [0.25, 0.3) is 5.69 Å². The fraction of sp³-hybridized carbons (Fsp3) is 0.421. The van der Waals surface area contributed by atoms with Gasteiger partial charge >= 0.3 is 0 Å². The van der Waals surface area contributed by atoms with Crippen LogP contribution in [-0.2, 0) is 0 Å². The van der Waals surface area contributed by atoms with E-state index in [9.17, 15) is 0 Å². The average Bonchev–Trinajstić information content (AvgIpc) is 3.36. The van der Waals surface area contributed by atoms with Gasteiger partial charge in [-0.1, -0.05) is 36.3 Å². The number of anilines is 1. The first-order valence-corrected chi connectivity index (χ1v) is 10.0. The number of hydrogen-bond donors (Lipinski definition) is 1. The summed E-state index contributed by atoms with van der Waals surface area (Å²) in [5.74, 6) is 1.51. The van der Waals surface area contributed by atoms with E-state index in [0.29, 0.717) is 12.0 Å². The van der Waals surface area contributed by atoms with Crippen molar-refractivity contribution in [3.8, 4) is 5.69 Å². The molecule has 0 amide bonds. The largest absolute Gasteiger partial charge is 0.351 e. The van der Waals surface area contributed by atoms with Crippen molar-refractivity contribution < 1.29 is 0 Å². The first kappa shape index (κ1) is 17.2. The van der Waals surface area contributed by atoms with Crippen molar-refractivity contribution in [3.05, 3.63) is 52.7 Å². The fourth-order valence-corrected chi connectivity index (χ4v) is 4.32. The zero-order valence-electron chi connectivity index (χ0n) is 15.0. The number of likely N-dealkylation sites (tertiary alicyclic amines) is 1. The average molecular weight is 369 g/mol. The summed E-state index contributed by atoms with van der Waals surface area (Å²) in [4.78, 5) is 3.99. The number of nitrogens with one attached hydrogen (secondary N) is 1. The maximum atomic E-state index is 4.18. The van der Waals surface area contributed by atoms with Crippen LogP contribution in [0.4, 0.5) is 5.95 Å². The van der Waals surface area contributed by atoms with Crippen LogP contribution in [-0.4, -0.2) is 44.7 Å². The Labute approximate surface area is 157 Å². The summed E-state index contributed by atoms with van der Waals surface area (Å²) in [7, 11) is 0. The lowest BCUT2D eigenvalue weighted by Crippen LogP contribution is -2.39. The standard InChI is InChI=1S/C19H24N6S/c1-15-9-11-24(12-10-15)17(18-8-5-13-26-18)14-20-19-21-22-23-25(19)16-6-3-2-4-7-16/h2-8,13,15,17H,9-12,14H2,1H3,(H,20,21,23)/t17-/m0/s1. The van der Waals surface area contributed by atoms with E-state index >= 15 is 0 Å². The molecular formula is C19H24N6S. The Morgan fingerprint density at radius 1 is 1.15 bits per heavy atom. The summed E-state index contributed by atoms with van der Waals surface area (Å²) in [6, 6.07) is 14.7. The lowest BCUT2D eigenvalue weighted by molar-refractivity contribution is 0.145. The first-order chi connectivity index (χ1) is 12.8. The van der Waals surface area contributed by atoms with E-state index < -0.39 is 0 Å². The third-order valence-corrected chi connectivity index (χ3v) is 6.03. The molecule has 136 valence electrons. The summed E-state index contributed by atoms with van der Waals surface area (Å²) in [5.41, 5.74) is 0.958. The van der Waals surface area contributed by atoms with Crippen LogP contribution >= 0.6 is 11.3 Å². The molecule has 0 spiro atoms. The number of benzene rings is 1. The van der Waals surface area contributed by atoms with Gasteiger partial charge in [0.15, 0.2) is 0 Å². The van der Waals surface area contributed by atoms with Gasteiger partial charge < -0.3 is 5.32 Å². The summed E-state index contributed by atoms with van der Waals surface area (Å²) in [6.45, 7) is 5.44. The maximum absolute atomic E-state index is 4.18. The van der Waals surface area contributed by atoms with E-state index in [2.05, 4.69) is 50.2 Å². The van der Waals surface area contributed by atoms with Crippen LogP contribution in [0.15, 0.2) is 47.8 Å². The number of rotatable bonds is 6. The Morgan fingerprint density at radius 3 is 2.69 bits per heavy atom. The van der Waals surface area contributed by atoms with Crippen molar-refractivity contribution in [1.29, 1.82) is 0 Å². The molecule has 0 aliphatic carbocycles. The number of nitrogens with zero attached hydrogens (tertiary/aromatic N) is 5. The Morgan fingerprint density at radius 2 is 1.96 bits per heavy atom. The SMILES string of the molecule is CC1CCN([C@@H](CNc2nnnn2-c2ccccc2)c2cccs2)CC1. The second-order valence-electron chi connectivity index (χ2n) is 6.88. The van der Waals surface area contributed by atoms with E-state index in [0.717, 1.165) is 31.2 Å². The van der Waals surface area contributed by atoms with Gasteiger partial charge in [-0.05, 0) is 65.9 Å². The highest BCUT2D eigenvalue weighted by Gasteiger charge is 2.25. The molecule has 2 aromatic heterocycles. The van der Waals surface area contributed by atoms with Crippen molar-refractivity contribution >= 4 is 17.3 Å². The van der Waals surface area contributed by atoms with Gasteiger partial charge in [0.2, 0.25) is 5.95 Å². The van der Waals surface area contributed by atoms with E-state index in [-0.39, 0.29) is 0 Å². The van der Waals surface area contributed by atoms with Crippen molar-refractivity contribution in [2.75, 3.05) is 25.0 Å². The second-order valence-corrected chi connectivity index (χ2v) is 7.86. The maximum Gasteiger partial charge on any atom is 0.247 e. The first-order valence-electron chi connectivity index (χ1n) is 9.16. The summed E-state index contributed by atoms with van der Waals surface area (Å²) >= 11 is 1.82. The molecule has 3 heterocycles. The van der Waals surface area contributed by atoms with Crippen LogP contribution in [0.2, 0.25) is 0 Å². The molecule has 1 atom stereocenters. The predicted octanol–water partition coefficient (Wildman–Crippen LogP) is 3.61. The Bertz CT molecular complexity index is 793. The van der Waals surface area contributed by atoms with E-state index in [1.54, 1.807) is 4.68 Å².